The highest BCUT2D eigenvalue weighted by Crippen LogP contribution is 2.30. The maximum atomic E-state index is 12.6. The van der Waals surface area contributed by atoms with Gasteiger partial charge in [0, 0.05) is 6.54 Å². The lowest BCUT2D eigenvalue weighted by Gasteiger charge is -2.12. The number of anilines is 1. The Hall–Kier alpha value is -2.85. The summed E-state index contributed by atoms with van der Waals surface area (Å²) in [5.41, 5.74) is 6.45. The number of nitrogens with one attached hydrogen (secondary N) is 1. The molecule has 0 aliphatic heterocycles. The summed E-state index contributed by atoms with van der Waals surface area (Å²) in [4.78, 5) is 24.0. The Morgan fingerprint density at radius 1 is 1.46 bits per heavy atom. The summed E-state index contributed by atoms with van der Waals surface area (Å²) in [6.07, 6.45) is 3.33. The quantitative estimate of drug-likeness (QED) is 0.429. The molecular formula is C18H19N5O3S2. The van der Waals surface area contributed by atoms with Gasteiger partial charge >= 0.3 is 0 Å². The molecule has 0 fully saturated rings. The number of allylic oxidation sites excluding steroid dienone is 1. The molecule has 146 valence electrons. The van der Waals surface area contributed by atoms with Gasteiger partial charge < -0.3 is 15.5 Å². The fraction of sp³-hybridized carbons (Fsp3) is 0.222. The van der Waals surface area contributed by atoms with Gasteiger partial charge in [-0.2, -0.15) is 0 Å². The number of nitrogens with zero attached hydrogens (tertiary/aromatic N) is 3. The second-order valence-electron chi connectivity index (χ2n) is 5.87. The summed E-state index contributed by atoms with van der Waals surface area (Å²) in [6, 6.07) is 3.41. The predicted molar refractivity (Wildman–Crippen MR) is 109 cm³/mol. The highest BCUT2D eigenvalue weighted by molar-refractivity contribution is 8.00. The van der Waals surface area contributed by atoms with Crippen LogP contribution in [0.3, 0.4) is 0 Å². The first kappa shape index (κ1) is 19.9. The zero-order valence-electron chi connectivity index (χ0n) is 15.3. The Bertz CT molecular complexity index is 1020. The Morgan fingerprint density at radius 3 is 2.89 bits per heavy atom. The van der Waals surface area contributed by atoms with Crippen LogP contribution in [0, 0.1) is 6.92 Å². The van der Waals surface area contributed by atoms with Crippen LogP contribution in [0.4, 0.5) is 5.00 Å². The number of thiophene rings is 1. The summed E-state index contributed by atoms with van der Waals surface area (Å²) >= 11 is 2.51. The smallest absolute Gasteiger partial charge is 0.251 e. The average Bonchev–Trinajstić information content (AvgIpc) is 3.36. The molecule has 0 aliphatic carbocycles. The van der Waals surface area contributed by atoms with Crippen molar-refractivity contribution in [1.82, 2.24) is 14.8 Å². The van der Waals surface area contributed by atoms with E-state index in [1.165, 1.54) is 23.1 Å². The molecule has 1 atom stereocenters. The van der Waals surface area contributed by atoms with Crippen molar-refractivity contribution in [2.75, 3.05) is 5.32 Å². The fourth-order valence-electron chi connectivity index (χ4n) is 2.51. The number of furan rings is 1. The molecule has 0 aromatic carbocycles. The van der Waals surface area contributed by atoms with Crippen LogP contribution in [0.25, 0.3) is 11.4 Å². The van der Waals surface area contributed by atoms with Gasteiger partial charge in [-0.1, -0.05) is 17.8 Å². The Kier molecular flexibility index (Phi) is 6.00. The number of aryl methyl sites for hydroxylation is 1. The number of hydrogen-bond acceptors (Lipinski definition) is 7. The third-order valence-electron chi connectivity index (χ3n) is 3.95. The Morgan fingerprint density at radius 2 is 2.25 bits per heavy atom. The number of nitrogens with two attached hydrogens (primary N) is 1. The van der Waals surface area contributed by atoms with Crippen LogP contribution in [0.5, 0.6) is 0 Å². The number of primary amides is 1. The molecule has 3 aromatic rings. The van der Waals surface area contributed by atoms with E-state index in [0.717, 1.165) is 11.3 Å². The number of rotatable bonds is 8. The van der Waals surface area contributed by atoms with Crippen molar-refractivity contribution in [3.63, 3.8) is 0 Å². The van der Waals surface area contributed by atoms with E-state index in [1.807, 2.05) is 17.6 Å². The number of aromatic nitrogens is 3. The SMILES string of the molecule is C=CCn1c(S[C@@H](C)C(=O)Nc2sccc2C(N)=O)nnc1-c1ccoc1C. The zero-order valence-corrected chi connectivity index (χ0v) is 17.0. The van der Waals surface area contributed by atoms with Gasteiger partial charge in [-0.25, -0.2) is 0 Å². The lowest BCUT2D eigenvalue weighted by atomic mass is 10.2. The van der Waals surface area contributed by atoms with Gasteiger partial charge in [0.2, 0.25) is 5.91 Å². The summed E-state index contributed by atoms with van der Waals surface area (Å²) in [6.45, 7) is 7.87. The highest BCUT2D eigenvalue weighted by Gasteiger charge is 2.23. The second-order valence-corrected chi connectivity index (χ2v) is 8.10. The van der Waals surface area contributed by atoms with Crippen molar-refractivity contribution in [3.8, 4) is 11.4 Å². The van der Waals surface area contributed by atoms with Crippen LogP contribution in [0.2, 0.25) is 0 Å². The van der Waals surface area contributed by atoms with E-state index in [-0.39, 0.29) is 5.91 Å². The molecule has 0 saturated carbocycles. The molecule has 10 heteroatoms. The molecule has 0 saturated heterocycles. The number of hydrogen-bond donors (Lipinski definition) is 2. The van der Waals surface area contributed by atoms with Crippen LogP contribution < -0.4 is 11.1 Å². The lowest BCUT2D eigenvalue weighted by Crippen LogP contribution is -2.24. The van der Waals surface area contributed by atoms with Gasteiger partial charge in [-0.15, -0.1) is 28.1 Å². The Labute approximate surface area is 169 Å². The van der Waals surface area contributed by atoms with E-state index in [4.69, 9.17) is 10.2 Å². The van der Waals surface area contributed by atoms with Crippen molar-refractivity contribution < 1.29 is 14.0 Å². The second kappa shape index (κ2) is 8.44. The van der Waals surface area contributed by atoms with Gasteiger partial charge in [0.15, 0.2) is 11.0 Å². The van der Waals surface area contributed by atoms with Crippen molar-refractivity contribution in [2.24, 2.45) is 5.73 Å². The van der Waals surface area contributed by atoms with Gasteiger partial charge in [-0.05, 0) is 31.4 Å². The molecule has 0 unspecified atom stereocenters. The first-order valence-corrected chi connectivity index (χ1v) is 10.1. The first-order valence-electron chi connectivity index (χ1n) is 8.35. The standard InChI is InChI=1S/C18H19N5O3S2/c1-4-7-23-15(12-5-8-26-10(12)2)21-22-18(23)28-11(3)16(25)20-17-13(14(19)24)6-9-27-17/h4-6,8-9,11H,1,7H2,2-3H3,(H2,19,24)(H,20,25)/t11-/m0/s1. The van der Waals surface area contributed by atoms with E-state index in [1.54, 1.807) is 30.7 Å². The van der Waals surface area contributed by atoms with Gasteiger partial charge in [0.25, 0.3) is 5.91 Å². The van der Waals surface area contributed by atoms with E-state index in [0.29, 0.717) is 28.1 Å². The molecule has 3 N–H and O–H groups in total. The lowest BCUT2D eigenvalue weighted by molar-refractivity contribution is -0.115. The van der Waals surface area contributed by atoms with Crippen LogP contribution in [-0.4, -0.2) is 31.8 Å². The molecule has 2 amide bonds. The highest BCUT2D eigenvalue weighted by atomic mass is 32.2. The van der Waals surface area contributed by atoms with E-state index >= 15 is 0 Å². The summed E-state index contributed by atoms with van der Waals surface area (Å²) in [5.74, 6) is 0.541. The topological polar surface area (TPSA) is 116 Å². The van der Waals surface area contributed by atoms with Crippen molar-refractivity contribution in [1.29, 1.82) is 0 Å². The van der Waals surface area contributed by atoms with Crippen LogP contribution >= 0.6 is 23.1 Å². The molecule has 3 aromatic heterocycles. The van der Waals surface area contributed by atoms with E-state index in [9.17, 15) is 9.59 Å². The molecule has 0 radical (unpaired) electrons. The van der Waals surface area contributed by atoms with Gasteiger partial charge in [0.05, 0.1) is 22.6 Å². The molecule has 8 nitrogen and oxygen atoms in total. The number of amides is 2. The molecule has 0 spiro atoms. The van der Waals surface area contributed by atoms with E-state index < -0.39 is 11.2 Å². The van der Waals surface area contributed by atoms with Gasteiger partial charge in [0.1, 0.15) is 10.8 Å². The van der Waals surface area contributed by atoms with Crippen molar-refractivity contribution >= 4 is 39.9 Å². The maximum Gasteiger partial charge on any atom is 0.251 e. The maximum absolute atomic E-state index is 12.6. The number of thioether (sulfide) groups is 1. The van der Waals surface area contributed by atoms with Crippen LogP contribution in [-0.2, 0) is 11.3 Å². The summed E-state index contributed by atoms with van der Waals surface area (Å²) in [5, 5.41) is 13.5. The first-order chi connectivity index (χ1) is 13.4. The molecular weight excluding hydrogens is 398 g/mol. The average molecular weight is 418 g/mol. The monoisotopic (exact) mass is 417 g/mol. The van der Waals surface area contributed by atoms with Gasteiger partial charge in [-0.3, -0.25) is 14.2 Å². The molecule has 3 heterocycles. The third-order valence-corrected chi connectivity index (χ3v) is 5.86. The van der Waals surface area contributed by atoms with Crippen LogP contribution in [0.15, 0.2) is 46.0 Å². The minimum atomic E-state index is -0.581. The molecule has 28 heavy (non-hydrogen) atoms. The molecule has 0 bridgehead atoms. The molecule has 3 rings (SSSR count). The third kappa shape index (κ3) is 4.02. The van der Waals surface area contributed by atoms with Crippen LogP contribution in [0.1, 0.15) is 23.0 Å². The number of carbonyl (C=O) groups is 2. The zero-order chi connectivity index (χ0) is 20.3. The van der Waals surface area contributed by atoms with Crippen molar-refractivity contribution in [2.45, 2.75) is 30.8 Å². The number of carbonyl (C=O) groups excluding carboxylic acids is 2. The fourth-order valence-corrected chi connectivity index (χ4v) is 4.16. The Balaban J connectivity index is 1.79. The minimum absolute atomic E-state index is 0.260. The van der Waals surface area contributed by atoms with E-state index in [2.05, 4.69) is 22.1 Å². The summed E-state index contributed by atoms with van der Waals surface area (Å²) in [7, 11) is 0. The van der Waals surface area contributed by atoms with Crippen molar-refractivity contribution in [3.05, 3.63) is 47.8 Å². The largest absolute Gasteiger partial charge is 0.469 e. The molecule has 0 aliphatic rings. The normalized spacial score (nSPS) is 11.9. The minimum Gasteiger partial charge on any atom is -0.469 e. The predicted octanol–water partition coefficient (Wildman–Crippen LogP) is 3.31. The summed E-state index contributed by atoms with van der Waals surface area (Å²) < 4.78 is 7.23.